The van der Waals surface area contributed by atoms with Gasteiger partial charge in [0.25, 0.3) is 5.91 Å². The van der Waals surface area contributed by atoms with E-state index in [1.54, 1.807) is 6.07 Å². The second-order valence-corrected chi connectivity index (χ2v) is 5.78. The van der Waals surface area contributed by atoms with Crippen molar-refractivity contribution < 1.29 is 23.0 Å². The van der Waals surface area contributed by atoms with E-state index in [4.69, 9.17) is 21.1 Å². The number of nitrogens with zero attached hydrogens (tertiary/aromatic N) is 2. The minimum Gasteiger partial charge on any atom is -0.489 e. The smallest absolute Gasteiger partial charge is 0.319 e. The van der Waals surface area contributed by atoms with E-state index in [1.165, 1.54) is 18.5 Å². The molecule has 3 rings (SSSR count). The molecule has 2 aromatic rings. The maximum Gasteiger partial charge on any atom is 0.319 e. The highest BCUT2D eigenvalue weighted by atomic mass is 35.5. The molecule has 0 atom stereocenters. The van der Waals surface area contributed by atoms with Crippen LogP contribution < -0.4 is 14.8 Å². The molecule has 1 aliphatic heterocycles. The first-order valence-electron chi connectivity index (χ1n) is 7.73. The Morgan fingerprint density at radius 2 is 2.16 bits per heavy atom. The number of carbonyl (C=O) groups is 1. The number of alkyl halides is 2. The summed E-state index contributed by atoms with van der Waals surface area (Å²) in [7, 11) is 0. The number of rotatable bonds is 5. The van der Waals surface area contributed by atoms with Crippen LogP contribution in [0, 0.1) is 0 Å². The number of aromatic nitrogens is 2. The first-order chi connectivity index (χ1) is 12.1. The standard InChI is InChI=1S/C16H16ClF2N3O3/c17-11-8-10(9-12-14(11)25-7-1-6-24-12)15(23)21-3-2-13-20-4-5-22(13)16(18)19/h4-5,8-9,16H,1-3,6-7H2,(H,21,23). The molecule has 1 aromatic heterocycles. The number of imidazole rings is 1. The largest absolute Gasteiger partial charge is 0.489 e. The van der Waals surface area contributed by atoms with Gasteiger partial charge in [-0.3, -0.25) is 9.36 Å². The summed E-state index contributed by atoms with van der Waals surface area (Å²) < 4.78 is 37.3. The number of ether oxygens (including phenoxy) is 2. The third-order valence-electron chi connectivity index (χ3n) is 3.66. The number of fused-ring (bicyclic) bond motifs is 1. The molecular weight excluding hydrogens is 356 g/mol. The Bertz CT molecular complexity index is 767. The number of amides is 1. The van der Waals surface area contributed by atoms with Gasteiger partial charge < -0.3 is 14.8 Å². The van der Waals surface area contributed by atoms with Crippen LogP contribution in [0.2, 0.25) is 5.02 Å². The fourth-order valence-corrected chi connectivity index (χ4v) is 2.73. The summed E-state index contributed by atoms with van der Waals surface area (Å²) in [4.78, 5) is 16.1. The molecule has 1 amide bonds. The molecule has 1 N–H and O–H groups in total. The topological polar surface area (TPSA) is 65.4 Å². The van der Waals surface area contributed by atoms with Gasteiger partial charge in [-0.25, -0.2) is 4.98 Å². The number of halogens is 3. The van der Waals surface area contributed by atoms with Crippen molar-refractivity contribution in [1.82, 2.24) is 14.9 Å². The molecule has 0 saturated heterocycles. The lowest BCUT2D eigenvalue weighted by atomic mass is 10.2. The minimum atomic E-state index is -2.66. The van der Waals surface area contributed by atoms with Crippen LogP contribution in [0.3, 0.4) is 0 Å². The third kappa shape index (κ3) is 4.01. The zero-order chi connectivity index (χ0) is 17.8. The van der Waals surface area contributed by atoms with Crippen molar-refractivity contribution in [3.05, 3.63) is 40.9 Å². The highest BCUT2D eigenvalue weighted by Gasteiger charge is 2.18. The van der Waals surface area contributed by atoms with E-state index in [-0.39, 0.29) is 29.7 Å². The molecule has 134 valence electrons. The van der Waals surface area contributed by atoms with Gasteiger partial charge in [0.05, 0.1) is 18.2 Å². The van der Waals surface area contributed by atoms with E-state index in [9.17, 15) is 13.6 Å². The Kier molecular flexibility index (Phi) is 5.37. The highest BCUT2D eigenvalue weighted by molar-refractivity contribution is 6.32. The van der Waals surface area contributed by atoms with Crippen LogP contribution in [0.1, 0.15) is 29.2 Å². The summed E-state index contributed by atoms with van der Waals surface area (Å²) in [6.45, 7) is -1.53. The highest BCUT2D eigenvalue weighted by Crippen LogP contribution is 2.37. The van der Waals surface area contributed by atoms with Crippen LogP contribution in [0.5, 0.6) is 11.5 Å². The van der Waals surface area contributed by atoms with Crippen molar-refractivity contribution >= 4 is 17.5 Å². The molecule has 1 aromatic carbocycles. The van der Waals surface area contributed by atoms with Gasteiger partial charge in [0, 0.05) is 37.3 Å². The molecular formula is C16H16ClF2N3O3. The van der Waals surface area contributed by atoms with E-state index < -0.39 is 6.55 Å². The molecule has 0 fully saturated rings. The quantitative estimate of drug-likeness (QED) is 0.877. The predicted molar refractivity (Wildman–Crippen MR) is 86.6 cm³/mol. The first-order valence-corrected chi connectivity index (χ1v) is 8.11. The first kappa shape index (κ1) is 17.5. The summed E-state index contributed by atoms with van der Waals surface area (Å²) >= 11 is 6.15. The van der Waals surface area contributed by atoms with Gasteiger partial charge in [-0.15, -0.1) is 0 Å². The maximum absolute atomic E-state index is 12.7. The lowest BCUT2D eigenvalue weighted by Crippen LogP contribution is -2.26. The Morgan fingerprint density at radius 3 is 2.96 bits per heavy atom. The van der Waals surface area contributed by atoms with Crippen molar-refractivity contribution in [3.8, 4) is 11.5 Å². The van der Waals surface area contributed by atoms with Gasteiger partial charge in [-0.05, 0) is 12.1 Å². The molecule has 6 nitrogen and oxygen atoms in total. The minimum absolute atomic E-state index is 0.161. The van der Waals surface area contributed by atoms with Gasteiger partial charge in [0.1, 0.15) is 5.82 Å². The van der Waals surface area contributed by atoms with Gasteiger partial charge in [-0.2, -0.15) is 8.78 Å². The van der Waals surface area contributed by atoms with Crippen molar-refractivity contribution in [2.24, 2.45) is 0 Å². The molecule has 0 radical (unpaired) electrons. The molecule has 0 saturated carbocycles. The predicted octanol–water partition coefficient (Wildman–Crippen LogP) is 3.07. The van der Waals surface area contributed by atoms with Crippen molar-refractivity contribution in [2.75, 3.05) is 19.8 Å². The summed E-state index contributed by atoms with van der Waals surface area (Å²) in [5.74, 6) is 0.665. The second kappa shape index (κ2) is 7.69. The number of benzene rings is 1. The molecule has 0 spiro atoms. The molecule has 0 aliphatic carbocycles. The Balaban J connectivity index is 1.64. The Hall–Kier alpha value is -2.35. The molecule has 0 bridgehead atoms. The van der Waals surface area contributed by atoms with Crippen LogP contribution in [0.4, 0.5) is 8.78 Å². The van der Waals surface area contributed by atoms with Crippen molar-refractivity contribution in [2.45, 2.75) is 19.4 Å². The van der Waals surface area contributed by atoms with E-state index in [0.717, 1.165) is 11.0 Å². The molecule has 9 heteroatoms. The zero-order valence-corrected chi connectivity index (χ0v) is 13.9. The summed E-state index contributed by atoms with van der Waals surface area (Å²) in [5.41, 5.74) is 0.312. The van der Waals surface area contributed by atoms with Gasteiger partial charge in [0.15, 0.2) is 11.5 Å². The average molecular weight is 372 g/mol. The van der Waals surface area contributed by atoms with Gasteiger partial charge in [-0.1, -0.05) is 11.6 Å². The number of hydrogen-bond donors (Lipinski definition) is 1. The normalized spacial score (nSPS) is 13.6. The van der Waals surface area contributed by atoms with Crippen LogP contribution >= 0.6 is 11.6 Å². The Morgan fingerprint density at radius 1 is 1.36 bits per heavy atom. The van der Waals surface area contributed by atoms with Crippen LogP contribution in [0.15, 0.2) is 24.5 Å². The van der Waals surface area contributed by atoms with E-state index in [0.29, 0.717) is 30.3 Å². The molecule has 1 aliphatic rings. The fourth-order valence-electron chi connectivity index (χ4n) is 2.47. The summed E-state index contributed by atoms with van der Waals surface area (Å²) in [6.07, 6.45) is 3.41. The van der Waals surface area contributed by atoms with E-state index in [2.05, 4.69) is 10.3 Å². The number of carbonyl (C=O) groups excluding carboxylic acids is 1. The second-order valence-electron chi connectivity index (χ2n) is 5.37. The monoisotopic (exact) mass is 371 g/mol. The third-order valence-corrected chi connectivity index (χ3v) is 3.94. The average Bonchev–Trinajstić information content (AvgIpc) is 2.91. The van der Waals surface area contributed by atoms with E-state index in [1.807, 2.05) is 0 Å². The van der Waals surface area contributed by atoms with Crippen molar-refractivity contribution in [3.63, 3.8) is 0 Å². The fraction of sp³-hybridized carbons (Fsp3) is 0.375. The van der Waals surface area contributed by atoms with Crippen LogP contribution in [0.25, 0.3) is 0 Å². The Labute approximate surface area is 147 Å². The molecule has 2 heterocycles. The maximum atomic E-state index is 12.7. The molecule has 0 unspecified atom stereocenters. The van der Waals surface area contributed by atoms with Crippen LogP contribution in [-0.4, -0.2) is 35.2 Å². The van der Waals surface area contributed by atoms with Crippen LogP contribution in [-0.2, 0) is 6.42 Å². The SMILES string of the molecule is O=C(NCCc1nccn1C(F)F)c1cc(Cl)c2c(c1)OCCCO2. The number of hydrogen-bond acceptors (Lipinski definition) is 4. The lowest BCUT2D eigenvalue weighted by molar-refractivity contribution is 0.0670. The van der Waals surface area contributed by atoms with Gasteiger partial charge >= 0.3 is 6.55 Å². The summed E-state index contributed by atoms with van der Waals surface area (Å²) in [6, 6.07) is 3.05. The van der Waals surface area contributed by atoms with Crippen molar-refractivity contribution in [1.29, 1.82) is 0 Å². The number of nitrogens with one attached hydrogen (secondary N) is 1. The van der Waals surface area contributed by atoms with E-state index >= 15 is 0 Å². The lowest BCUT2D eigenvalue weighted by Gasteiger charge is -2.12. The molecule has 25 heavy (non-hydrogen) atoms. The van der Waals surface area contributed by atoms with Gasteiger partial charge in [0.2, 0.25) is 0 Å². The zero-order valence-electron chi connectivity index (χ0n) is 13.2. The summed E-state index contributed by atoms with van der Waals surface area (Å²) in [5, 5.41) is 2.95.